The van der Waals surface area contributed by atoms with Crippen LogP contribution in [0.2, 0.25) is 0 Å². The number of allylic oxidation sites excluding steroid dienone is 1. The fourth-order valence-corrected chi connectivity index (χ4v) is 4.86. The second kappa shape index (κ2) is 10.0. The Morgan fingerprint density at radius 2 is 1.50 bits per heavy atom. The van der Waals surface area contributed by atoms with Crippen molar-refractivity contribution in [3.63, 3.8) is 0 Å². The number of ether oxygens (including phenoxy) is 7. The normalized spacial score (nSPS) is 16.8. The highest BCUT2D eigenvalue weighted by atomic mass is 16.5. The molecule has 0 bridgehead atoms. The fraction of sp³-hybridized carbons (Fsp3) is 0.241. The zero-order chi connectivity index (χ0) is 27.0. The molecule has 9 nitrogen and oxygen atoms in total. The number of carbonyl (C=O) groups is 2. The van der Waals surface area contributed by atoms with E-state index in [1.165, 1.54) is 35.5 Å². The third-order valence-electron chi connectivity index (χ3n) is 6.61. The molecule has 5 rings (SSSR count). The number of methoxy groups -OCH3 is 5. The van der Waals surface area contributed by atoms with Crippen molar-refractivity contribution in [2.75, 3.05) is 35.5 Å². The summed E-state index contributed by atoms with van der Waals surface area (Å²) < 4.78 is 39.2. The smallest absolute Gasteiger partial charge is 0.312 e. The zero-order valence-electron chi connectivity index (χ0n) is 21.6. The Kier molecular flexibility index (Phi) is 6.59. The summed E-state index contributed by atoms with van der Waals surface area (Å²) in [5, 5.41) is 0. The van der Waals surface area contributed by atoms with Gasteiger partial charge in [0.2, 0.25) is 5.78 Å². The van der Waals surface area contributed by atoms with Gasteiger partial charge in [-0.3, -0.25) is 9.59 Å². The zero-order valence-corrected chi connectivity index (χ0v) is 21.6. The van der Waals surface area contributed by atoms with Gasteiger partial charge in [-0.05, 0) is 30.3 Å². The van der Waals surface area contributed by atoms with Crippen LogP contribution in [0, 0.1) is 0 Å². The lowest BCUT2D eigenvalue weighted by atomic mass is 9.84. The van der Waals surface area contributed by atoms with E-state index in [1.54, 1.807) is 48.5 Å². The molecule has 0 saturated heterocycles. The van der Waals surface area contributed by atoms with Crippen molar-refractivity contribution in [3.05, 3.63) is 70.5 Å². The first-order chi connectivity index (χ1) is 18.4. The summed E-state index contributed by atoms with van der Waals surface area (Å²) in [4.78, 5) is 26.0. The molecule has 3 aromatic carbocycles. The molecule has 0 spiro atoms. The number of esters is 1. The van der Waals surface area contributed by atoms with Crippen molar-refractivity contribution in [1.82, 2.24) is 0 Å². The molecule has 0 N–H and O–H groups in total. The third-order valence-corrected chi connectivity index (χ3v) is 6.61. The molecule has 2 aliphatic rings. The van der Waals surface area contributed by atoms with Crippen molar-refractivity contribution in [1.29, 1.82) is 0 Å². The van der Waals surface area contributed by atoms with Gasteiger partial charge in [0.1, 0.15) is 17.2 Å². The van der Waals surface area contributed by atoms with Crippen LogP contribution in [0.1, 0.15) is 39.4 Å². The maximum absolute atomic E-state index is 13.4. The number of carbonyl (C=O) groups excluding carboxylic acids is 2. The second-order valence-corrected chi connectivity index (χ2v) is 8.56. The van der Waals surface area contributed by atoms with Gasteiger partial charge in [0.05, 0.1) is 47.5 Å². The quantitative estimate of drug-likeness (QED) is 0.248. The Labute approximate surface area is 219 Å². The van der Waals surface area contributed by atoms with Crippen molar-refractivity contribution in [3.8, 4) is 40.2 Å². The van der Waals surface area contributed by atoms with Crippen LogP contribution in [0.15, 0.2) is 48.2 Å². The summed E-state index contributed by atoms with van der Waals surface area (Å²) in [6.45, 7) is 0. The Morgan fingerprint density at radius 1 is 0.789 bits per heavy atom. The summed E-state index contributed by atoms with van der Waals surface area (Å²) in [5.74, 6) is 1.94. The molecule has 0 saturated carbocycles. The lowest BCUT2D eigenvalue weighted by Crippen LogP contribution is -2.22. The fourth-order valence-electron chi connectivity index (χ4n) is 4.86. The first-order valence-electron chi connectivity index (χ1n) is 11.8. The maximum atomic E-state index is 13.4. The minimum absolute atomic E-state index is 0.00953. The minimum Gasteiger partial charge on any atom is -0.496 e. The predicted molar refractivity (Wildman–Crippen MR) is 137 cm³/mol. The van der Waals surface area contributed by atoms with E-state index in [4.69, 9.17) is 33.2 Å². The summed E-state index contributed by atoms with van der Waals surface area (Å²) in [7, 11) is 7.66. The number of hydrogen-bond donors (Lipinski definition) is 0. The van der Waals surface area contributed by atoms with E-state index in [0.717, 1.165) is 0 Å². The van der Waals surface area contributed by atoms with E-state index in [0.29, 0.717) is 62.5 Å². The van der Waals surface area contributed by atoms with Gasteiger partial charge in [-0.1, -0.05) is 12.1 Å². The highest BCUT2D eigenvalue weighted by Gasteiger charge is 2.40. The van der Waals surface area contributed by atoms with Gasteiger partial charge < -0.3 is 33.2 Å². The van der Waals surface area contributed by atoms with Gasteiger partial charge >= 0.3 is 5.97 Å². The third kappa shape index (κ3) is 4.06. The van der Waals surface area contributed by atoms with E-state index in [2.05, 4.69) is 0 Å². The number of hydrogen-bond acceptors (Lipinski definition) is 9. The van der Waals surface area contributed by atoms with Crippen LogP contribution in [0.3, 0.4) is 0 Å². The molecular formula is C29H26O9. The molecule has 0 aromatic heterocycles. The van der Waals surface area contributed by atoms with E-state index >= 15 is 0 Å². The van der Waals surface area contributed by atoms with Gasteiger partial charge in [0.15, 0.2) is 28.8 Å². The van der Waals surface area contributed by atoms with E-state index in [1.807, 2.05) is 0 Å². The lowest BCUT2D eigenvalue weighted by molar-refractivity contribution is -0.135. The van der Waals surface area contributed by atoms with Crippen molar-refractivity contribution in [2.45, 2.75) is 12.3 Å². The minimum atomic E-state index is -0.533. The number of fused-ring (bicyclic) bond motifs is 3. The Balaban J connectivity index is 1.65. The first kappa shape index (κ1) is 25.0. The summed E-state index contributed by atoms with van der Waals surface area (Å²) in [6, 6.07) is 12.0. The standard InChI is InChI=1S/C29H26O9/c1-32-20-8-6-7-15(28(20)36-5)11-24-27(31)16-9-10-19-26(29(16)38-24)18(13-25(30)37-19)17-12-22(34-3)23(35-4)14-21(17)33-2/h6-12,14,18H,13H2,1-5H3/b24-11-/t18-/m1/s1. The molecule has 1 atom stereocenters. The topological polar surface area (TPSA) is 98.8 Å². The molecule has 0 amide bonds. The number of ketones is 1. The number of benzene rings is 3. The largest absolute Gasteiger partial charge is 0.496 e. The Bertz CT molecular complexity index is 1470. The Hall–Kier alpha value is -4.66. The number of para-hydroxylation sites is 1. The average Bonchev–Trinajstić information content (AvgIpc) is 3.26. The SMILES string of the molecule is COc1cc(OC)c([C@H]2CC(=O)Oc3ccc4c(c32)O/C(=C\c2cccc(OC)c2OC)C4=O)cc1OC. The van der Waals surface area contributed by atoms with Gasteiger partial charge in [0, 0.05) is 28.7 Å². The molecule has 196 valence electrons. The van der Waals surface area contributed by atoms with Crippen LogP contribution in [0.5, 0.6) is 40.2 Å². The monoisotopic (exact) mass is 518 g/mol. The van der Waals surface area contributed by atoms with Crippen molar-refractivity contribution < 1.29 is 42.7 Å². The van der Waals surface area contributed by atoms with Crippen molar-refractivity contribution in [2.24, 2.45) is 0 Å². The van der Waals surface area contributed by atoms with E-state index in [-0.39, 0.29) is 18.0 Å². The summed E-state index contributed by atoms with van der Waals surface area (Å²) in [5.41, 5.74) is 2.21. The lowest BCUT2D eigenvalue weighted by Gasteiger charge is -2.28. The predicted octanol–water partition coefficient (Wildman–Crippen LogP) is 4.79. The van der Waals surface area contributed by atoms with Gasteiger partial charge in [-0.2, -0.15) is 0 Å². The average molecular weight is 519 g/mol. The Morgan fingerprint density at radius 3 is 2.18 bits per heavy atom. The number of rotatable bonds is 7. The van der Waals surface area contributed by atoms with Crippen LogP contribution in [0.4, 0.5) is 0 Å². The molecular weight excluding hydrogens is 492 g/mol. The van der Waals surface area contributed by atoms with Gasteiger partial charge in [-0.15, -0.1) is 0 Å². The molecule has 0 aliphatic carbocycles. The molecule has 3 aromatic rings. The molecule has 9 heteroatoms. The van der Waals surface area contributed by atoms with Crippen LogP contribution in [0.25, 0.3) is 6.08 Å². The van der Waals surface area contributed by atoms with E-state index < -0.39 is 11.9 Å². The van der Waals surface area contributed by atoms with Gasteiger partial charge in [-0.25, -0.2) is 0 Å². The van der Waals surface area contributed by atoms with Crippen LogP contribution in [-0.2, 0) is 4.79 Å². The van der Waals surface area contributed by atoms with Crippen LogP contribution < -0.4 is 33.2 Å². The summed E-state index contributed by atoms with van der Waals surface area (Å²) in [6.07, 6.45) is 1.62. The second-order valence-electron chi connectivity index (χ2n) is 8.56. The molecule has 2 heterocycles. The summed E-state index contributed by atoms with van der Waals surface area (Å²) >= 11 is 0. The first-order valence-corrected chi connectivity index (χ1v) is 11.8. The number of Topliss-reactive ketones (excluding diaryl/α,β-unsaturated/α-hetero) is 1. The highest BCUT2D eigenvalue weighted by Crippen LogP contribution is 2.52. The highest BCUT2D eigenvalue weighted by molar-refractivity contribution is 6.15. The molecule has 2 aliphatic heterocycles. The maximum Gasteiger partial charge on any atom is 0.312 e. The van der Waals surface area contributed by atoms with E-state index in [9.17, 15) is 9.59 Å². The van der Waals surface area contributed by atoms with Gasteiger partial charge in [0.25, 0.3) is 0 Å². The molecule has 38 heavy (non-hydrogen) atoms. The van der Waals surface area contributed by atoms with Crippen LogP contribution >= 0.6 is 0 Å². The van der Waals surface area contributed by atoms with Crippen LogP contribution in [-0.4, -0.2) is 47.3 Å². The molecule has 0 unspecified atom stereocenters. The van der Waals surface area contributed by atoms with Crippen molar-refractivity contribution >= 4 is 17.8 Å². The molecule has 0 fully saturated rings. The molecule has 0 radical (unpaired) electrons.